The molecule has 0 radical (unpaired) electrons. The predicted molar refractivity (Wildman–Crippen MR) is 95.6 cm³/mol. The number of hydrogen-bond acceptors (Lipinski definition) is 4. The van der Waals surface area contributed by atoms with Crippen molar-refractivity contribution < 1.29 is 5.11 Å². The highest BCUT2D eigenvalue weighted by Crippen LogP contribution is 2.31. The van der Waals surface area contributed by atoms with E-state index in [2.05, 4.69) is 28.1 Å². The monoisotopic (exact) mass is 328 g/mol. The van der Waals surface area contributed by atoms with Gasteiger partial charge in [0.05, 0.1) is 17.8 Å². The van der Waals surface area contributed by atoms with Crippen LogP contribution in [0.5, 0.6) is 0 Å². The normalized spacial score (nSPS) is 16.6. The van der Waals surface area contributed by atoms with Gasteiger partial charge in [-0.25, -0.2) is 0 Å². The lowest BCUT2D eigenvalue weighted by Gasteiger charge is -2.10. The maximum Gasteiger partial charge on any atom is 0.115 e. The Hall–Kier alpha value is -1.72. The van der Waals surface area contributed by atoms with E-state index in [1.165, 1.54) is 25.7 Å². The topological polar surface area (TPSA) is 63.0 Å². The Labute approximate surface area is 144 Å². The molecule has 2 N–H and O–H groups in total. The lowest BCUT2D eigenvalue weighted by molar-refractivity contribution is 0.160. The van der Waals surface area contributed by atoms with Crippen molar-refractivity contribution in [3.05, 3.63) is 36.2 Å². The number of rotatable bonds is 8. The molecule has 0 bridgehead atoms. The highest BCUT2D eigenvalue weighted by atomic mass is 16.3. The molecule has 3 rings (SSSR count). The summed E-state index contributed by atoms with van der Waals surface area (Å²) in [5.41, 5.74) is 3.03. The SMILES string of the molecule is CCCC(O)CNCc1cn(C2CCCC2)nc1-c1ccccn1. The van der Waals surface area contributed by atoms with E-state index in [1.807, 2.05) is 24.4 Å². The first kappa shape index (κ1) is 17.1. The number of aliphatic hydroxyl groups is 1. The van der Waals surface area contributed by atoms with Crippen molar-refractivity contribution in [3.8, 4) is 11.4 Å². The van der Waals surface area contributed by atoms with Crippen molar-refractivity contribution in [2.75, 3.05) is 6.54 Å². The zero-order chi connectivity index (χ0) is 16.8. The van der Waals surface area contributed by atoms with Gasteiger partial charge in [0.25, 0.3) is 0 Å². The maximum atomic E-state index is 9.90. The fourth-order valence-corrected chi connectivity index (χ4v) is 3.44. The second kappa shape index (κ2) is 8.40. The molecule has 1 atom stereocenters. The number of nitrogens with one attached hydrogen (secondary N) is 1. The molecule has 0 spiro atoms. The fraction of sp³-hybridized carbons (Fsp3) is 0.579. The zero-order valence-electron chi connectivity index (χ0n) is 14.5. The van der Waals surface area contributed by atoms with Crippen molar-refractivity contribution in [2.45, 2.75) is 64.1 Å². The smallest absolute Gasteiger partial charge is 0.115 e. The molecule has 1 aliphatic rings. The van der Waals surface area contributed by atoms with E-state index in [-0.39, 0.29) is 6.10 Å². The Morgan fingerprint density at radius 3 is 2.88 bits per heavy atom. The summed E-state index contributed by atoms with van der Waals surface area (Å²) in [6, 6.07) is 6.46. The molecule has 2 heterocycles. The summed E-state index contributed by atoms with van der Waals surface area (Å²) in [4.78, 5) is 4.47. The van der Waals surface area contributed by atoms with E-state index in [9.17, 15) is 5.11 Å². The second-order valence-corrected chi connectivity index (χ2v) is 6.71. The van der Waals surface area contributed by atoms with Gasteiger partial charge in [0.1, 0.15) is 5.69 Å². The lowest BCUT2D eigenvalue weighted by Crippen LogP contribution is -2.26. The first-order valence-corrected chi connectivity index (χ1v) is 9.16. The molecule has 0 saturated heterocycles. The van der Waals surface area contributed by atoms with Crippen molar-refractivity contribution in [2.24, 2.45) is 0 Å². The van der Waals surface area contributed by atoms with Crippen LogP contribution < -0.4 is 5.32 Å². The van der Waals surface area contributed by atoms with Crippen LogP contribution in [-0.4, -0.2) is 32.5 Å². The Balaban J connectivity index is 1.75. The number of nitrogens with zero attached hydrogens (tertiary/aromatic N) is 3. The highest BCUT2D eigenvalue weighted by molar-refractivity contribution is 5.58. The molecule has 5 heteroatoms. The third-order valence-corrected chi connectivity index (χ3v) is 4.73. The van der Waals surface area contributed by atoms with Crippen LogP contribution in [-0.2, 0) is 6.54 Å². The molecule has 1 unspecified atom stereocenters. The first-order chi connectivity index (χ1) is 11.8. The molecule has 2 aromatic rings. The van der Waals surface area contributed by atoms with E-state index >= 15 is 0 Å². The van der Waals surface area contributed by atoms with Crippen LogP contribution in [0.25, 0.3) is 11.4 Å². The van der Waals surface area contributed by atoms with Crippen molar-refractivity contribution in [1.29, 1.82) is 0 Å². The summed E-state index contributed by atoms with van der Waals surface area (Å²) < 4.78 is 2.14. The van der Waals surface area contributed by atoms with Gasteiger partial charge >= 0.3 is 0 Å². The molecule has 0 aromatic carbocycles. The Morgan fingerprint density at radius 2 is 2.17 bits per heavy atom. The molecule has 0 amide bonds. The van der Waals surface area contributed by atoms with Gasteiger partial charge in [0.15, 0.2) is 0 Å². The minimum atomic E-state index is -0.279. The molecule has 0 aliphatic heterocycles. The van der Waals surface area contributed by atoms with Gasteiger partial charge in [-0.2, -0.15) is 5.10 Å². The quantitative estimate of drug-likeness (QED) is 0.780. The zero-order valence-corrected chi connectivity index (χ0v) is 14.5. The van der Waals surface area contributed by atoms with Crippen molar-refractivity contribution in [3.63, 3.8) is 0 Å². The molecule has 2 aromatic heterocycles. The third kappa shape index (κ3) is 4.22. The molecular formula is C19H28N4O. The third-order valence-electron chi connectivity index (χ3n) is 4.73. The Morgan fingerprint density at radius 1 is 1.33 bits per heavy atom. The van der Waals surface area contributed by atoms with E-state index < -0.39 is 0 Å². The van der Waals surface area contributed by atoms with Crippen LogP contribution in [0.3, 0.4) is 0 Å². The van der Waals surface area contributed by atoms with Crippen molar-refractivity contribution in [1.82, 2.24) is 20.1 Å². The van der Waals surface area contributed by atoms with Crippen LogP contribution in [0.2, 0.25) is 0 Å². The molecule has 5 nitrogen and oxygen atoms in total. The van der Waals surface area contributed by atoms with Crippen LogP contribution in [0.1, 0.15) is 57.1 Å². The minimum Gasteiger partial charge on any atom is -0.392 e. The average Bonchev–Trinajstić information content (AvgIpc) is 3.25. The molecule has 1 aliphatic carbocycles. The van der Waals surface area contributed by atoms with Gasteiger partial charge < -0.3 is 10.4 Å². The Bertz CT molecular complexity index is 620. The number of pyridine rings is 1. The average molecular weight is 328 g/mol. The van der Waals surface area contributed by atoms with Crippen LogP contribution in [0.15, 0.2) is 30.6 Å². The molecule has 1 fully saturated rings. The van der Waals surface area contributed by atoms with Gasteiger partial charge in [-0.3, -0.25) is 9.67 Å². The van der Waals surface area contributed by atoms with Gasteiger partial charge in [-0.1, -0.05) is 32.3 Å². The summed E-state index contributed by atoms with van der Waals surface area (Å²) in [6.45, 7) is 3.41. The molecule has 130 valence electrons. The van der Waals surface area contributed by atoms with Gasteiger partial charge in [0, 0.05) is 31.0 Å². The van der Waals surface area contributed by atoms with E-state index in [0.717, 1.165) is 29.8 Å². The predicted octanol–water partition coefficient (Wildman–Crippen LogP) is 3.31. The summed E-state index contributed by atoms with van der Waals surface area (Å²) in [6.07, 6.45) is 10.5. The Kier molecular flexibility index (Phi) is 5.99. The first-order valence-electron chi connectivity index (χ1n) is 9.16. The van der Waals surface area contributed by atoms with E-state index in [1.54, 1.807) is 0 Å². The van der Waals surface area contributed by atoms with Crippen LogP contribution in [0.4, 0.5) is 0 Å². The second-order valence-electron chi connectivity index (χ2n) is 6.71. The standard InChI is InChI=1S/C19H28N4O/c1-2-7-17(24)13-20-12-15-14-23(16-8-3-4-9-16)22-19(15)18-10-5-6-11-21-18/h5-6,10-11,14,16-17,20,24H,2-4,7-9,12-13H2,1H3. The molecule has 24 heavy (non-hydrogen) atoms. The summed E-state index contributed by atoms with van der Waals surface area (Å²) in [5, 5.41) is 18.1. The van der Waals surface area contributed by atoms with E-state index in [4.69, 9.17) is 5.10 Å². The molecule has 1 saturated carbocycles. The van der Waals surface area contributed by atoms with Gasteiger partial charge in [-0.05, 0) is 31.4 Å². The minimum absolute atomic E-state index is 0.279. The highest BCUT2D eigenvalue weighted by Gasteiger charge is 2.21. The lowest BCUT2D eigenvalue weighted by atomic mass is 10.1. The number of hydrogen-bond donors (Lipinski definition) is 2. The van der Waals surface area contributed by atoms with Crippen molar-refractivity contribution >= 4 is 0 Å². The summed E-state index contributed by atoms with van der Waals surface area (Å²) >= 11 is 0. The maximum absolute atomic E-state index is 9.90. The van der Waals surface area contributed by atoms with Gasteiger partial charge in [0.2, 0.25) is 0 Å². The summed E-state index contributed by atoms with van der Waals surface area (Å²) in [7, 11) is 0. The summed E-state index contributed by atoms with van der Waals surface area (Å²) in [5.74, 6) is 0. The fourth-order valence-electron chi connectivity index (χ4n) is 3.44. The van der Waals surface area contributed by atoms with E-state index in [0.29, 0.717) is 19.1 Å². The number of aliphatic hydroxyl groups excluding tert-OH is 1. The largest absolute Gasteiger partial charge is 0.392 e. The van der Waals surface area contributed by atoms with Crippen LogP contribution >= 0.6 is 0 Å². The molecular weight excluding hydrogens is 300 g/mol. The van der Waals surface area contributed by atoms with Gasteiger partial charge in [-0.15, -0.1) is 0 Å². The number of aromatic nitrogens is 3. The van der Waals surface area contributed by atoms with Crippen LogP contribution in [0, 0.1) is 0 Å².